The summed E-state index contributed by atoms with van der Waals surface area (Å²) in [5.74, 6) is -0.221. The van der Waals surface area contributed by atoms with Crippen molar-refractivity contribution in [1.29, 1.82) is 0 Å². The van der Waals surface area contributed by atoms with Crippen LogP contribution in [0.4, 0.5) is 5.69 Å². The van der Waals surface area contributed by atoms with E-state index in [4.69, 9.17) is 0 Å². The molecule has 0 unspecified atom stereocenters. The highest BCUT2D eigenvalue weighted by Gasteiger charge is 2.08. The minimum Gasteiger partial charge on any atom is -0.298 e. The summed E-state index contributed by atoms with van der Waals surface area (Å²) < 4.78 is 1.67. The molecule has 0 fully saturated rings. The Balaban J connectivity index is 1.75. The number of hydrogen-bond acceptors (Lipinski definition) is 4. The molecule has 2 N–H and O–H groups in total. The molecule has 6 heteroatoms. The van der Waals surface area contributed by atoms with Gasteiger partial charge in [0.05, 0.1) is 11.2 Å². The van der Waals surface area contributed by atoms with Crippen molar-refractivity contribution in [2.24, 2.45) is 7.05 Å². The molecule has 20 heavy (non-hydrogen) atoms. The molecule has 0 saturated heterocycles. The molecule has 3 aromatic rings. The number of carbonyl (C=O) groups excluding carboxylic acids is 1. The molecule has 0 spiro atoms. The van der Waals surface area contributed by atoms with E-state index in [0.29, 0.717) is 11.1 Å². The summed E-state index contributed by atoms with van der Waals surface area (Å²) in [5, 5.41) is 7.90. The van der Waals surface area contributed by atoms with E-state index in [1.165, 1.54) is 0 Å². The molecular formula is C14H13N5O. The van der Waals surface area contributed by atoms with Gasteiger partial charge in [-0.3, -0.25) is 15.6 Å². The van der Waals surface area contributed by atoms with Crippen LogP contribution in [0.25, 0.3) is 11.0 Å². The number of benzene rings is 2. The lowest BCUT2D eigenvalue weighted by Crippen LogP contribution is -2.29. The molecule has 0 aliphatic rings. The molecule has 0 bridgehead atoms. The van der Waals surface area contributed by atoms with Crippen LogP contribution in [0.2, 0.25) is 0 Å². The number of aromatic nitrogens is 3. The minimum absolute atomic E-state index is 0.221. The van der Waals surface area contributed by atoms with E-state index >= 15 is 0 Å². The SMILES string of the molecule is Cn1nnc2cc(C(=O)NNc3ccccc3)ccc21. The first-order valence-electron chi connectivity index (χ1n) is 6.15. The van der Waals surface area contributed by atoms with E-state index in [9.17, 15) is 4.79 Å². The second-order valence-corrected chi connectivity index (χ2v) is 4.36. The first-order valence-corrected chi connectivity index (χ1v) is 6.15. The first kappa shape index (κ1) is 12.2. The third-order valence-corrected chi connectivity index (χ3v) is 2.97. The molecule has 1 heterocycles. The number of carbonyl (C=O) groups is 1. The van der Waals surface area contributed by atoms with Gasteiger partial charge in [-0.05, 0) is 30.3 Å². The number of amides is 1. The zero-order valence-electron chi connectivity index (χ0n) is 10.9. The number of fused-ring (bicyclic) bond motifs is 1. The van der Waals surface area contributed by atoms with Crippen molar-refractivity contribution in [3.05, 3.63) is 54.1 Å². The van der Waals surface area contributed by atoms with Crippen LogP contribution in [-0.4, -0.2) is 20.9 Å². The van der Waals surface area contributed by atoms with Crippen molar-refractivity contribution >= 4 is 22.6 Å². The van der Waals surface area contributed by atoms with E-state index < -0.39 is 0 Å². The number of anilines is 1. The number of para-hydroxylation sites is 1. The maximum atomic E-state index is 12.0. The number of aryl methyl sites for hydroxylation is 1. The first-order chi connectivity index (χ1) is 9.74. The average Bonchev–Trinajstić information content (AvgIpc) is 2.87. The maximum Gasteiger partial charge on any atom is 0.269 e. The molecule has 0 atom stereocenters. The standard InChI is InChI=1S/C14H13N5O/c1-19-13-8-7-10(9-12(13)16-18-19)14(20)17-15-11-5-3-2-4-6-11/h2-9,15H,1H3,(H,17,20). The number of hydrogen-bond donors (Lipinski definition) is 2. The van der Waals surface area contributed by atoms with Gasteiger partial charge in [-0.2, -0.15) is 0 Å². The Morgan fingerprint density at radius 2 is 1.95 bits per heavy atom. The van der Waals surface area contributed by atoms with Crippen molar-refractivity contribution in [3.63, 3.8) is 0 Å². The van der Waals surface area contributed by atoms with Crippen molar-refractivity contribution in [2.75, 3.05) is 5.43 Å². The summed E-state index contributed by atoms with van der Waals surface area (Å²) in [5.41, 5.74) is 8.43. The molecule has 1 amide bonds. The summed E-state index contributed by atoms with van der Waals surface area (Å²) in [6.45, 7) is 0. The van der Waals surface area contributed by atoms with Crippen LogP contribution in [0, 0.1) is 0 Å². The van der Waals surface area contributed by atoms with Gasteiger partial charge in [-0.15, -0.1) is 5.10 Å². The average molecular weight is 267 g/mol. The largest absolute Gasteiger partial charge is 0.298 e. The number of rotatable bonds is 3. The van der Waals surface area contributed by atoms with E-state index in [1.807, 2.05) is 43.4 Å². The van der Waals surface area contributed by atoms with E-state index in [1.54, 1.807) is 16.8 Å². The topological polar surface area (TPSA) is 71.8 Å². The van der Waals surface area contributed by atoms with E-state index in [0.717, 1.165) is 11.2 Å². The van der Waals surface area contributed by atoms with Crippen molar-refractivity contribution in [3.8, 4) is 0 Å². The van der Waals surface area contributed by atoms with Crippen LogP contribution in [0.15, 0.2) is 48.5 Å². The van der Waals surface area contributed by atoms with Gasteiger partial charge in [0.15, 0.2) is 0 Å². The molecule has 3 rings (SSSR count). The number of hydrazine groups is 1. The minimum atomic E-state index is -0.221. The molecule has 0 saturated carbocycles. The Bertz CT molecular complexity index is 751. The lowest BCUT2D eigenvalue weighted by atomic mass is 10.2. The van der Waals surface area contributed by atoms with Gasteiger partial charge in [0.25, 0.3) is 5.91 Å². The van der Waals surface area contributed by atoms with Crippen LogP contribution < -0.4 is 10.9 Å². The van der Waals surface area contributed by atoms with Crippen molar-refractivity contribution in [1.82, 2.24) is 20.4 Å². The Morgan fingerprint density at radius 3 is 2.75 bits per heavy atom. The third-order valence-electron chi connectivity index (χ3n) is 2.97. The Hall–Kier alpha value is -2.89. The van der Waals surface area contributed by atoms with Gasteiger partial charge in [0.1, 0.15) is 5.52 Å². The van der Waals surface area contributed by atoms with Gasteiger partial charge in [0, 0.05) is 12.6 Å². The molecular weight excluding hydrogens is 254 g/mol. The highest BCUT2D eigenvalue weighted by Crippen LogP contribution is 2.12. The zero-order valence-corrected chi connectivity index (χ0v) is 10.9. The highest BCUT2D eigenvalue weighted by atomic mass is 16.2. The highest BCUT2D eigenvalue weighted by molar-refractivity contribution is 5.97. The van der Waals surface area contributed by atoms with E-state index in [-0.39, 0.29) is 5.91 Å². The lowest BCUT2D eigenvalue weighted by molar-refractivity contribution is 0.0963. The van der Waals surface area contributed by atoms with Crippen molar-refractivity contribution in [2.45, 2.75) is 0 Å². The van der Waals surface area contributed by atoms with Crippen LogP contribution >= 0.6 is 0 Å². The van der Waals surface area contributed by atoms with Crippen LogP contribution in [0.5, 0.6) is 0 Å². The van der Waals surface area contributed by atoms with Crippen LogP contribution in [0.3, 0.4) is 0 Å². The number of nitrogens with zero attached hydrogens (tertiary/aromatic N) is 3. The summed E-state index contributed by atoms with van der Waals surface area (Å²) in [4.78, 5) is 12.0. The van der Waals surface area contributed by atoms with Gasteiger partial charge in [-0.25, -0.2) is 4.68 Å². The molecule has 1 aromatic heterocycles. The fourth-order valence-electron chi connectivity index (χ4n) is 1.90. The van der Waals surface area contributed by atoms with E-state index in [2.05, 4.69) is 21.2 Å². The zero-order chi connectivity index (χ0) is 13.9. The molecule has 0 aliphatic heterocycles. The molecule has 0 aliphatic carbocycles. The smallest absolute Gasteiger partial charge is 0.269 e. The fraction of sp³-hybridized carbons (Fsp3) is 0.0714. The van der Waals surface area contributed by atoms with Gasteiger partial charge in [0.2, 0.25) is 0 Å². The van der Waals surface area contributed by atoms with Crippen LogP contribution in [0.1, 0.15) is 10.4 Å². The monoisotopic (exact) mass is 267 g/mol. The second kappa shape index (κ2) is 5.00. The van der Waals surface area contributed by atoms with Gasteiger partial charge in [-0.1, -0.05) is 23.4 Å². The Labute approximate surface area is 115 Å². The molecule has 6 nitrogen and oxygen atoms in total. The fourth-order valence-corrected chi connectivity index (χ4v) is 1.90. The van der Waals surface area contributed by atoms with Gasteiger partial charge < -0.3 is 0 Å². The molecule has 100 valence electrons. The summed E-state index contributed by atoms with van der Waals surface area (Å²) in [7, 11) is 1.81. The van der Waals surface area contributed by atoms with Gasteiger partial charge >= 0.3 is 0 Å². The predicted molar refractivity (Wildman–Crippen MR) is 76.0 cm³/mol. The Morgan fingerprint density at radius 1 is 1.15 bits per heavy atom. The lowest BCUT2D eigenvalue weighted by Gasteiger charge is -2.08. The quantitative estimate of drug-likeness (QED) is 0.709. The second-order valence-electron chi connectivity index (χ2n) is 4.36. The maximum absolute atomic E-state index is 12.0. The molecule has 2 aromatic carbocycles. The van der Waals surface area contributed by atoms with Crippen LogP contribution in [-0.2, 0) is 7.05 Å². The normalized spacial score (nSPS) is 10.4. The summed E-state index contributed by atoms with van der Waals surface area (Å²) >= 11 is 0. The molecule has 0 radical (unpaired) electrons. The third kappa shape index (κ3) is 2.31. The number of nitrogens with one attached hydrogen (secondary N) is 2. The Kier molecular flexibility index (Phi) is 3.04. The van der Waals surface area contributed by atoms with Crippen molar-refractivity contribution < 1.29 is 4.79 Å². The summed E-state index contributed by atoms with van der Waals surface area (Å²) in [6.07, 6.45) is 0. The predicted octanol–water partition coefficient (Wildman–Crippen LogP) is 1.73. The summed E-state index contributed by atoms with van der Waals surface area (Å²) in [6, 6.07) is 14.7.